The number of fused-ring (bicyclic) bond motifs is 1. The van der Waals surface area contributed by atoms with Crippen LogP contribution in [0.25, 0.3) is 0 Å². The van der Waals surface area contributed by atoms with Gasteiger partial charge in [0.2, 0.25) is 14.9 Å². The second kappa shape index (κ2) is 4.59. The van der Waals surface area contributed by atoms with Crippen molar-refractivity contribution in [3.8, 4) is 0 Å². The Morgan fingerprint density at radius 2 is 2.00 bits per heavy atom. The Morgan fingerprint density at radius 3 is 2.70 bits per heavy atom. The summed E-state index contributed by atoms with van der Waals surface area (Å²) >= 11 is 0. The second-order valence-electron chi connectivity index (χ2n) is 5.03. The first-order chi connectivity index (χ1) is 9.50. The van der Waals surface area contributed by atoms with Crippen LogP contribution in [0.3, 0.4) is 0 Å². The predicted molar refractivity (Wildman–Crippen MR) is 75.2 cm³/mol. The maximum absolute atomic E-state index is 12.5. The lowest BCUT2D eigenvalue weighted by atomic mass is 10.2. The van der Waals surface area contributed by atoms with Crippen molar-refractivity contribution in [2.24, 2.45) is 5.10 Å². The molecule has 0 aromatic heterocycles. The number of likely N-dealkylation sites (tertiary alicyclic amines) is 1. The average Bonchev–Trinajstić information content (AvgIpc) is 2.91. The minimum absolute atomic E-state index is 0.112. The summed E-state index contributed by atoms with van der Waals surface area (Å²) in [7, 11) is -3.84. The molecule has 1 fully saturated rings. The molecule has 0 saturated carbocycles. The van der Waals surface area contributed by atoms with E-state index in [1.807, 2.05) is 6.92 Å². The number of rotatable bonds is 1. The highest BCUT2D eigenvalue weighted by Crippen LogP contribution is 2.29. The summed E-state index contributed by atoms with van der Waals surface area (Å²) in [5.41, 5.74) is 4.02. The van der Waals surface area contributed by atoms with Crippen LogP contribution < -0.4 is 5.43 Å². The van der Waals surface area contributed by atoms with E-state index in [1.54, 1.807) is 12.1 Å². The molecule has 6 nitrogen and oxygen atoms in total. The molecule has 7 heteroatoms. The minimum Gasteiger partial charge on any atom is -0.337 e. The van der Waals surface area contributed by atoms with E-state index in [0.717, 1.165) is 18.4 Å². The van der Waals surface area contributed by atoms with Crippen molar-refractivity contribution in [1.82, 2.24) is 4.90 Å². The molecular formula is C13H15N3O3S. The first kappa shape index (κ1) is 13.1. The van der Waals surface area contributed by atoms with Crippen molar-refractivity contribution in [1.29, 1.82) is 0 Å². The number of nitrogens with zero attached hydrogens (tertiary/aromatic N) is 2. The summed E-state index contributed by atoms with van der Waals surface area (Å²) in [5.74, 6) is -0.513. The maximum atomic E-state index is 12.5. The lowest BCUT2D eigenvalue weighted by Crippen LogP contribution is -2.40. The van der Waals surface area contributed by atoms with Gasteiger partial charge < -0.3 is 4.90 Å². The summed E-state index contributed by atoms with van der Waals surface area (Å²) in [4.78, 5) is 13.9. The van der Waals surface area contributed by atoms with Crippen molar-refractivity contribution >= 4 is 26.5 Å². The standard InChI is InChI=1S/C13H15N3O3S/c1-9-4-5-11-10(8-9)14-15-12(20(11,18)19)13(17)16-6-2-3-7-16/h4-5,8,14H,2-3,6-7H2,1H3. The normalized spacial score (nSPS) is 20.1. The van der Waals surface area contributed by atoms with Gasteiger partial charge in [-0.05, 0) is 37.5 Å². The van der Waals surface area contributed by atoms with E-state index in [2.05, 4.69) is 10.5 Å². The summed E-state index contributed by atoms with van der Waals surface area (Å²) in [6, 6.07) is 4.92. The van der Waals surface area contributed by atoms with Crippen LogP contribution in [0.5, 0.6) is 0 Å². The molecule has 2 aliphatic heterocycles. The van der Waals surface area contributed by atoms with E-state index in [-0.39, 0.29) is 4.90 Å². The topological polar surface area (TPSA) is 78.8 Å². The van der Waals surface area contributed by atoms with Gasteiger partial charge in [-0.1, -0.05) is 6.07 Å². The zero-order chi connectivity index (χ0) is 14.3. The van der Waals surface area contributed by atoms with Gasteiger partial charge in [-0.15, -0.1) is 0 Å². The molecule has 0 radical (unpaired) electrons. The number of hydrogen-bond donors (Lipinski definition) is 1. The van der Waals surface area contributed by atoms with Crippen molar-refractivity contribution in [3.05, 3.63) is 23.8 Å². The van der Waals surface area contributed by atoms with Gasteiger partial charge in [0.05, 0.1) is 10.6 Å². The van der Waals surface area contributed by atoms with Crippen molar-refractivity contribution < 1.29 is 13.2 Å². The number of benzene rings is 1. The van der Waals surface area contributed by atoms with Gasteiger partial charge in [-0.25, -0.2) is 8.42 Å². The van der Waals surface area contributed by atoms with E-state index in [1.165, 1.54) is 11.0 Å². The molecule has 1 N–H and O–H groups in total. The van der Waals surface area contributed by atoms with Crippen molar-refractivity contribution in [3.63, 3.8) is 0 Å². The molecule has 2 heterocycles. The SMILES string of the molecule is Cc1ccc2c(c1)NN=C(C(=O)N1CCCC1)S2(=O)=O. The summed E-state index contributed by atoms with van der Waals surface area (Å²) in [6.45, 7) is 3.05. The molecule has 3 rings (SSSR count). The van der Waals surface area contributed by atoms with Crippen LogP contribution in [0.15, 0.2) is 28.2 Å². The van der Waals surface area contributed by atoms with Gasteiger partial charge in [0.25, 0.3) is 5.91 Å². The van der Waals surface area contributed by atoms with Gasteiger partial charge >= 0.3 is 0 Å². The third-order valence-electron chi connectivity index (χ3n) is 3.53. The number of aryl methyl sites for hydroxylation is 1. The van der Waals surface area contributed by atoms with Crippen molar-refractivity contribution in [2.45, 2.75) is 24.7 Å². The van der Waals surface area contributed by atoms with E-state index in [0.29, 0.717) is 18.8 Å². The molecule has 0 unspecified atom stereocenters. The van der Waals surface area contributed by atoms with E-state index in [4.69, 9.17) is 0 Å². The van der Waals surface area contributed by atoms with Crippen LogP contribution in [0, 0.1) is 6.92 Å². The third-order valence-corrected chi connectivity index (χ3v) is 5.24. The highest BCUT2D eigenvalue weighted by atomic mass is 32.2. The zero-order valence-electron chi connectivity index (χ0n) is 11.1. The number of anilines is 1. The highest BCUT2D eigenvalue weighted by Gasteiger charge is 2.37. The van der Waals surface area contributed by atoms with Gasteiger partial charge in [0.1, 0.15) is 0 Å². The van der Waals surface area contributed by atoms with Gasteiger partial charge in [0.15, 0.2) is 0 Å². The fraction of sp³-hybridized carbons (Fsp3) is 0.385. The number of carbonyl (C=O) groups excluding carboxylic acids is 1. The molecule has 2 aliphatic rings. The third kappa shape index (κ3) is 1.98. The number of nitrogens with one attached hydrogen (secondary N) is 1. The Hall–Kier alpha value is -1.89. The molecule has 0 atom stereocenters. The second-order valence-corrected chi connectivity index (χ2v) is 6.86. The van der Waals surface area contributed by atoms with Gasteiger partial charge in [0, 0.05) is 13.1 Å². The molecule has 1 amide bonds. The largest absolute Gasteiger partial charge is 0.337 e. The number of sulfone groups is 1. The highest BCUT2D eigenvalue weighted by molar-refractivity contribution is 8.08. The Morgan fingerprint density at radius 1 is 1.30 bits per heavy atom. The lowest BCUT2D eigenvalue weighted by Gasteiger charge is -2.21. The van der Waals surface area contributed by atoms with Crippen molar-refractivity contribution in [2.75, 3.05) is 18.5 Å². The van der Waals surface area contributed by atoms with Crippen LogP contribution in [0.4, 0.5) is 5.69 Å². The number of hydrogen-bond acceptors (Lipinski definition) is 5. The molecule has 20 heavy (non-hydrogen) atoms. The zero-order valence-corrected chi connectivity index (χ0v) is 11.9. The first-order valence-corrected chi connectivity index (χ1v) is 7.97. The summed E-state index contributed by atoms with van der Waals surface area (Å²) in [5, 5.41) is 3.39. The smallest absolute Gasteiger partial charge is 0.286 e. The summed E-state index contributed by atoms with van der Waals surface area (Å²) < 4.78 is 25.0. The Bertz CT molecular complexity index is 704. The Labute approximate surface area is 117 Å². The predicted octanol–water partition coefficient (Wildman–Crippen LogP) is 1.13. The van der Waals surface area contributed by atoms with E-state index >= 15 is 0 Å². The molecule has 106 valence electrons. The van der Waals surface area contributed by atoms with Gasteiger partial charge in [-0.3, -0.25) is 10.2 Å². The molecule has 0 aliphatic carbocycles. The molecule has 1 aromatic rings. The van der Waals surface area contributed by atoms with E-state index < -0.39 is 20.8 Å². The number of amides is 1. The fourth-order valence-corrected chi connectivity index (χ4v) is 3.83. The quantitative estimate of drug-likeness (QED) is 0.842. The minimum atomic E-state index is -3.84. The number of carbonyl (C=O) groups is 1. The van der Waals surface area contributed by atoms with Crippen LogP contribution in [-0.2, 0) is 14.6 Å². The van der Waals surface area contributed by atoms with Crippen LogP contribution >= 0.6 is 0 Å². The molecular weight excluding hydrogens is 278 g/mol. The molecule has 0 spiro atoms. The maximum Gasteiger partial charge on any atom is 0.286 e. The fourth-order valence-electron chi connectivity index (χ4n) is 2.46. The first-order valence-electron chi connectivity index (χ1n) is 6.49. The average molecular weight is 293 g/mol. The summed E-state index contributed by atoms with van der Waals surface area (Å²) in [6.07, 6.45) is 1.81. The van der Waals surface area contributed by atoms with E-state index in [9.17, 15) is 13.2 Å². The van der Waals surface area contributed by atoms with Crippen LogP contribution in [-0.4, -0.2) is 37.4 Å². The molecule has 1 saturated heterocycles. The number of hydrazone groups is 1. The Kier molecular flexibility index (Phi) is 3.01. The molecule has 1 aromatic carbocycles. The lowest BCUT2D eigenvalue weighted by molar-refractivity contribution is -0.122. The monoisotopic (exact) mass is 293 g/mol. The van der Waals surface area contributed by atoms with Gasteiger partial charge in [-0.2, -0.15) is 5.10 Å². The molecule has 0 bridgehead atoms. The van der Waals surface area contributed by atoms with Crippen LogP contribution in [0.2, 0.25) is 0 Å². The Balaban J connectivity index is 2.01. The van der Waals surface area contributed by atoms with Crippen LogP contribution in [0.1, 0.15) is 18.4 Å².